The van der Waals surface area contributed by atoms with Crippen LogP contribution < -0.4 is 25.4 Å². The van der Waals surface area contributed by atoms with E-state index in [1.54, 1.807) is 0 Å². The van der Waals surface area contributed by atoms with Crippen LogP contribution in [0.4, 0.5) is 4.79 Å². The molecule has 1 aromatic carbocycles. The van der Waals surface area contributed by atoms with Gasteiger partial charge in [0.25, 0.3) is 0 Å². The molecule has 4 rings (SSSR count). The molecule has 1 aromatic rings. The van der Waals surface area contributed by atoms with Gasteiger partial charge in [0.2, 0.25) is 5.91 Å². The molecule has 7 heteroatoms. The van der Waals surface area contributed by atoms with Gasteiger partial charge in [-0.1, -0.05) is 6.07 Å². The summed E-state index contributed by atoms with van der Waals surface area (Å²) in [6, 6.07) is 4.94. The van der Waals surface area contributed by atoms with Gasteiger partial charge in [-0.3, -0.25) is 4.79 Å². The maximum absolute atomic E-state index is 12.4. The first-order valence-corrected chi connectivity index (χ1v) is 7.95. The van der Waals surface area contributed by atoms with Gasteiger partial charge in [-0.2, -0.15) is 0 Å². The van der Waals surface area contributed by atoms with Crippen molar-refractivity contribution >= 4 is 11.9 Å². The average molecular weight is 317 g/mol. The second-order valence-electron chi connectivity index (χ2n) is 6.13. The molecule has 0 radical (unpaired) electrons. The number of ether oxygens (including phenoxy) is 2. The standard InChI is InChI=1S/C16H19N3O4/c20-15(11-8-17-16(21)18-11)19-14(9-1-2-9)10-3-4-12-13(7-10)23-6-5-22-12/h3-4,7,9,11,14H,1-2,5-6,8H2,(H,19,20)(H2,17,18,21)/t11-,14-/m0/s1. The summed E-state index contributed by atoms with van der Waals surface area (Å²) in [7, 11) is 0. The van der Waals surface area contributed by atoms with Gasteiger partial charge < -0.3 is 25.4 Å². The van der Waals surface area contributed by atoms with Crippen molar-refractivity contribution in [2.75, 3.05) is 19.8 Å². The van der Waals surface area contributed by atoms with Crippen LogP contribution in [-0.4, -0.2) is 37.7 Å². The summed E-state index contributed by atoms with van der Waals surface area (Å²) in [5, 5.41) is 8.29. The van der Waals surface area contributed by atoms with Gasteiger partial charge in [-0.25, -0.2) is 4.79 Å². The number of carbonyl (C=O) groups excluding carboxylic acids is 2. The van der Waals surface area contributed by atoms with Gasteiger partial charge in [0.05, 0.1) is 6.04 Å². The van der Waals surface area contributed by atoms with Crippen molar-refractivity contribution in [3.05, 3.63) is 23.8 Å². The maximum atomic E-state index is 12.4. The molecule has 2 aliphatic heterocycles. The lowest BCUT2D eigenvalue weighted by atomic mass is 10.0. The molecule has 0 spiro atoms. The number of hydrogen-bond donors (Lipinski definition) is 3. The second-order valence-corrected chi connectivity index (χ2v) is 6.13. The molecule has 122 valence electrons. The fraction of sp³-hybridized carbons (Fsp3) is 0.500. The van der Waals surface area contributed by atoms with Crippen molar-refractivity contribution in [2.24, 2.45) is 5.92 Å². The molecule has 0 aromatic heterocycles. The first kappa shape index (κ1) is 14.2. The Morgan fingerprint density at radius 3 is 2.70 bits per heavy atom. The molecule has 1 saturated heterocycles. The number of benzene rings is 1. The Balaban J connectivity index is 1.51. The normalized spacial score (nSPS) is 23.7. The molecule has 3 aliphatic rings. The molecule has 2 heterocycles. The third kappa shape index (κ3) is 2.91. The predicted molar refractivity (Wildman–Crippen MR) is 81.4 cm³/mol. The minimum atomic E-state index is -0.513. The van der Waals surface area contributed by atoms with E-state index in [2.05, 4.69) is 16.0 Å². The van der Waals surface area contributed by atoms with E-state index < -0.39 is 6.04 Å². The summed E-state index contributed by atoms with van der Waals surface area (Å²) >= 11 is 0. The van der Waals surface area contributed by atoms with Crippen LogP contribution in [0.5, 0.6) is 11.5 Å². The van der Waals surface area contributed by atoms with E-state index in [1.807, 2.05) is 18.2 Å². The lowest BCUT2D eigenvalue weighted by molar-refractivity contribution is -0.123. The Bertz CT molecular complexity index is 644. The van der Waals surface area contributed by atoms with E-state index in [4.69, 9.17) is 9.47 Å². The number of fused-ring (bicyclic) bond motifs is 1. The first-order chi connectivity index (χ1) is 11.2. The Kier molecular flexibility index (Phi) is 3.48. The van der Waals surface area contributed by atoms with Crippen molar-refractivity contribution in [1.82, 2.24) is 16.0 Å². The monoisotopic (exact) mass is 317 g/mol. The maximum Gasteiger partial charge on any atom is 0.315 e. The molecule has 3 N–H and O–H groups in total. The average Bonchev–Trinajstić information content (AvgIpc) is 3.32. The predicted octanol–water partition coefficient (Wildman–Crippen LogP) is 0.706. The van der Waals surface area contributed by atoms with Gasteiger partial charge in [0, 0.05) is 6.54 Å². The number of urea groups is 1. The van der Waals surface area contributed by atoms with Gasteiger partial charge in [0.1, 0.15) is 19.3 Å². The molecule has 2 atom stereocenters. The van der Waals surface area contributed by atoms with E-state index in [0.29, 0.717) is 25.7 Å². The Morgan fingerprint density at radius 2 is 2.00 bits per heavy atom. The summed E-state index contributed by atoms with van der Waals surface area (Å²) in [4.78, 5) is 23.6. The topological polar surface area (TPSA) is 88.7 Å². The smallest absolute Gasteiger partial charge is 0.315 e. The van der Waals surface area contributed by atoms with Crippen molar-refractivity contribution in [3.8, 4) is 11.5 Å². The highest BCUT2D eigenvalue weighted by Gasteiger charge is 2.36. The van der Waals surface area contributed by atoms with Crippen molar-refractivity contribution in [1.29, 1.82) is 0 Å². The van der Waals surface area contributed by atoms with Crippen molar-refractivity contribution < 1.29 is 19.1 Å². The summed E-state index contributed by atoms with van der Waals surface area (Å²) in [5.74, 6) is 1.75. The third-order valence-electron chi connectivity index (χ3n) is 4.41. The third-order valence-corrected chi connectivity index (χ3v) is 4.41. The zero-order valence-corrected chi connectivity index (χ0v) is 12.6. The highest BCUT2D eigenvalue weighted by molar-refractivity contribution is 5.90. The first-order valence-electron chi connectivity index (χ1n) is 7.95. The highest BCUT2D eigenvalue weighted by Crippen LogP contribution is 2.43. The summed E-state index contributed by atoms with van der Waals surface area (Å²) in [6.07, 6.45) is 2.18. The lowest BCUT2D eigenvalue weighted by Gasteiger charge is -2.24. The second kappa shape index (κ2) is 5.64. The number of amides is 3. The summed E-state index contributed by atoms with van der Waals surface area (Å²) < 4.78 is 11.2. The number of hydrogen-bond acceptors (Lipinski definition) is 4. The Hall–Kier alpha value is -2.44. The van der Waals surface area contributed by atoms with Crippen LogP contribution in [0.25, 0.3) is 0 Å². The highest BCUT2D eigenvalue weighted by atomic mass is 16.6. The van der Waals surface area contributed by atoms with Crippen molar-refractivity contribution in [2.45, 2.75) is 24.9 Å². The van der Waals surface area contributed by atoms with Crippen LogP contribution in [0.2, 0.25) is 0 Å². The van der Waals surface area contributed by atoms with Crippen LogP contribution in [0, 0.1) is 5.92 Å². The lowest BCUT2D eigenvalue weighted by Crippen LogP contribution is -2.44. The van der Waals surface area contributed by atoms with Gasteiger partial charge in [-0.15, -0.1) is 0 Å². The van der Waals surface area contributed by atoms with Crippen LogP contribution in [0.15, 0.2) is 18.2 Å². The minimum Gasteiger partial charge on any atom is -0.486 e. The fourth-order valence-corrected chi connectivity index (χ4v) is 3.02. The zero-order chi connectivity index (χ0) is 15.8. The Labute approximate surface area is 133 Å². The molecule has 7 nitrogen and oxygen atoms in total. The van der Waals surface area contributed by atoms with E-state index >= 15 is 0 Å². The van der Waals surface area contributed by atoms with Gasteiger partial charge >= 0.3 is 6.03 Å². The molecule has 3 amide bonds. The fourth-order valence-electron chi connectivity index (χ4n) is 3.02. The summed E-state index contributed by atoms with van der Waals surface area (Å²) in [5.41, 5.74) is 1.02. The van der Waals surface area contributed by atoms with E-state index in [9.17, 15) is 9.59 Å². The largest absolute Gasteiger partial charge is 0.486 e. The molecule has 0 unspecified atom stereocenters. The quantitative estimate of drug-likeness (QED) is 0.763. The van der Waals surface area contributed by atoms with Gasteiger partial charge in [0.15, 0.2) is 11.5 Å². The SMILES string of the molecule is O=C1NC[C@@H](C(=O)N[C@H](c2ccc3c(c2)OCCO3)C2CC2)N1. The molecule has 0 bridgehead atoms. The van der Waals surface area contributed by atoms with Crippen LogP contribution in [-0.2, 0) is 4.79 Å². The number of rotatable bonds is 4. The van der Waals surface area contributed by atoms with Gasteiger partial charge in [-0.05, 0) is 36.5 Å². The molecule has 2 fully saturated rings. The van der Waals surface area contributed by atoms with Crippen LogP contribution in [0.1, 0.15) is 24.4 Å². The van der Waals surface area contributed by atoms with Crippen LogP contribution in [0.3, 0.4) is 0 Å². The molecule has 1 saturated carbocycles. The van der Waals surface area contributed by atoms with Crippen LogP contribution >= 0.6 is 0 Å². The minimum absolute atomic E-state index is 0.0594. The zero-order valence-electron chi connectivity index (χ0n) is 12.6. The molecular formula is C16H19N3O4. The van der Waals surface area contributed by atoms with E-state index in [1.165, 1.54) is 0 Å². The number of carbonyl (C=O) groups is 2. The van der Waals surface area contributed by atoms with Crippen molar-refractivity contribution in [3.63, 3.8) is 0 Å². The molecule has 23 heavy (non-hydrogen) atoms. The summed E-state index contributed by atoms with van der Waals surface area (Å²) in [6.45, 7) is 1.42. The number of nitrogens with one attached hydrogen (secondary N) is 3. The molecule has 1 aliphatic carbocycles. The van der Waals surface area contributed by atoms with E-state index in [-0.39, 0.29) is 18.0 Å². The molecular weight excluding hydrogens is 298 g/mol. The Morgan fingerprint density at radius 1 is 1.22 bits per heavy atom. The van der Waals surface area contributed by atoms with E-state index in [0.717, 1.165) is 29.9 Å².